The number of benzene rings is 1. The Labute approximate surface area is 134 Å². The molecule has 0 aliphatic carbocycles. The van der Waals surface area contributed by atoms with Crippen LogP contribution in [0.15, 0.2) is 18.2 Å². The van der Waals surface area contributed by atoms with Crippen molar-refractivity contribution in [1.82, 2.24) is 0 Å². The number of amides is 1. The standard InChI is InChI=1S/C16H20ClNO4/c1-4-5-6-7-8-11-14(18-10(2)19)13(17)9-12(15(11)20)16(21)22-3/h5-6,9,20H,4,7-8H2,1-3H3,(H,18,19)/b6-5+. The van der Waals surface area contributed by atoms with E-state index in [2.05, 4.69) is 10.1 Å². The lowest BCUT2D eigenvalue weighted by Gasteiger charge is -2.16. The number of hydrogen-bond acceptors (Lipinski definition) is 4. The van der Waals surface area contributed by atoms with E-state index in [0.717, 1.165) is 6.42 Å². The summed E-state index contributed by atoms with van der Waals surface area (Å²) in [4.78, 5) is 23.0. The molecule has 2 N–H and O–H groups in total. The number of aromatic hydroxyl groups is 1. The Morgan fingerprint density at radius 1 is 1.41 bits per heavy atom. The number of rotatable bonds is 6. The summed E-state index contributed by atoms with van der Waals surface area (Å²) >= 11 is 6.14. The van der Waals surface area contributed by atoms with Crippen LogP contribution < -0.4 is 5.32 Å². The van der Waals surface area contributed by atoms with Crippen molar-refractivity contribution in [1.29, 1.82) is 0 Å². The summed E-state index contributed by atoms with van der Waals surface area (Å²) in [5.41, 5.74) is 0.726. The van der Waals surface area contributed by atoms with E-state index in [-0.39, 0.29) is 22.2 Å². The minimum atomic E-state index is -0.681. The van der Waals surface area contributed by atoms with Gasteiger partial charge in [0.05, 0.1) is 17.8 Å². The Kier molecular flexibility index (Phi) is 6.92. The highest BCUT2D eigenvalue weighted by atomic mass is 35.5. The van der Waals surface area contributed by atoms with Crippen LogP contribution in [0.3, 0.4) is 0 Å². The Bertz CT molecular complexity index is 596. The van der Waals surface area contributed by atoms with Gasteiger partial charge in [-0.05, 0) is 25.3 Å². The molecular formula is C16H20ClNO4. The molecule has 0 saturated carbocycles. The van der Waals surface area contributed by atoms with Gasteiger partial charge >= 0.3 is 5.97 Å². The largest absolute Gasteiger partial charge is 0.507 e. The molecule has 5 nitrogen and oxygen atoms in total. The number of ether oxygens (including phenoxy) is 1. The number of hydrogen-bond donors (Lipinski definition) is 2. The van der Waals surface area contributed by atoms with Crippen molar-refractivity contribution in [2.24, 2.45) is 0 Å². The fraction of sp³-hybridized carbons (Fsp3) is 0.375. The number of allylic oxidation sites excluding steroid dienone is 2. The van der Waals surface area contributed by atoms with Crippen molar-refractivity contribution in [2.75, 3.05) is 12.4 Å². The Hall–Kier alpha value is -2.01. The summed E-state index contributed by atoms with van der Waals surface area (Å²) in [6.45, 7) is 3.37. The molecule has 6 heteroatoms. The van der Waals surface area contributed by atoms with E-state index in [1.54, 1.807) is 0 Å². The lowest BCUT2D eigenvalue weighted by atomic mass is 10.0. The Morgan fingerprint density at radius 2 is 2.09 bits per heavy atom. The zero-order chi connectivity index (χ0) is 16.7. The number of esters is 1. The molecule has 1 amide bonds. The first-order chi connectivity index (χ1) is 10.4. The third kappa shape index (κ3) is 4.49. The normalized spacial score (nSPS) is 10.7. The Balaban J connectivity index is 3.30. The number of carbonyl (C=O) groups is 2. The van der Waals surface area contributed by atoms with Gasteiger partial charge in [0.15, 0.2) is 0 Å². The van der Waals surface area contributed by atoms with E-state index < -0.39 is 5.97 Å². The molecule has 0 unspecified atom stereocenters. The molecule has 0 aliphatic heterocycles. The zero-order valence-electron chi connectivity index (χ0n) is 12.9. The lowest BCUT2D eigenvalue weighted by Crippen LogP contribution is -2.11. The molecule has 0 fully saturated rings. The van der Waals surface area contributed by atoms with E-state index in [4.69, 9.17) is 11.6 Å². The van der Waals surface area contributed by atoms with Crippen LogP contribution >= 0.6 is 11.6 Å². The third-order valence-electron chi connectivity index (χ3n) is 3.02. The van der Waals surface area contributed by atoms with Crippen molar-refractivity contribution in [3.63, 3.8) is 0 Å². The van der Waals surface area contributed by atoms with E-state index in [1.165, 1.54) is 20.1 Å². The average Bonchev–Trinajstić information content (AvgIpc) is 2.48. The molecule has 120 valence electrons. The monoisotopic (exact) mass is 325 g/mol. The summed E-state index contributed by atoms with van der Waals surface area (Å²) in [5, 5.41) is 13.1. The quantitative estimate of drug-likeness (QED) is 0.618. The average molecular weight is 326 g/mol. The molecule has 0 aromatic heterocycles. The molecule has 0 radical (unpaired) electrons. The van der Waals surface area contributed by atoms with Crippen LogP contribution in [0.5, 0.6) is 5.75 Å². The summed E-state index contributed by atoms with van der Waals surface area (Å²) in [6.07, 6.45) is 5.96. The number of nitrogens with one attached hydrogen (secondary N) is 1. The van der Waals surface area contributed by atoms with E-state index in [9.17, 15) is 14.7 Å². The molecule has 0 heterocycles. The van der Waals surface area contributed by atoms with Gasteiger partial charge in [-0.15, -0.1) is 0 Å². The van der Waals surface area contributed by atoms with Crippen LogP contribution in [0.1, 0.15) is 42.6 Å². The first-order valence-electron chi connectivity index (χ1n) is 6.97. The number of anilines is 1. The zero-order valence-corrected chi connectivity index (χ0v) is 13.7. The predicted molar refractivity (Wildman–Crippen MR) is 86.5 cm³/mol. The predicted octanol–water partition coefficient (Wildman–Crippen LogP) is 3.69. The van der Waals surface area contributed by atoms with Gasteiger partial charge in [0.2, 0.25) is 5.91 Å². The molecule has 1 aromatic rings. The highest BCUT2D eigenvalue weighted by Gasteiger charge is 2.21. The highest BCUT2D eigenvalue weighted by Crippen LogP contribution is 2.37. The van der Waals surface area contributed by atoms with Gasteiger partial charge < -0.3 is 15.2 Å². The molecule has 0 saturated heterocycles. The van der Waals surface area contributed by atoms with Crippen molar-refractivity contribution >= 4 is 29.2 Å². The van der Waals surface area contributed by atoms with Crippen LogP contribution in [-0.2, 0) is 16.0 Å². The summed E-state index contributed by atoms with van der Waals surface area (Å²) < 4.78 is 4.63. The van der Waals surface area contributed by atoms with Crippen molar-refractivity contribution in [3.05, 3.63) is 34.4 Å². The minimum Gasteiger partial charge on any atom is -0.507 e. The number of halogens is 1. The minimum absolute atomic E-state index is 0.0175. The fourth-order valence-electron chi connectivity index (χ4n) is 2.02. The maximum atomic E-state index is 11.7. The van der Waals surface area contributed by atoms with Crippen LogP contribution in [0.2, 0.25) is 5.02 Å². The van der Waals surface area contributed by atoms with Crippen molar-refractivity contribution in [2.45, 2.75) is 33.1 Å². The van der Waals surface area contributed by atoms with Gasteiger partial charge in [0.1, 0.15) is 11.3 Å². The van der Waals surface area contributed by atoms with Crippen molar-refractivity contribution < 1.29 is 19.4 Å². The van der Waals surface area contributed by atoms with E-state index in [0.29, 0.717) is 24.1 Å². The molecule has 0 spiro atoms. The van der Waals surface area contributed by atoms with E-state index >= 15 is 0 Å². The number of carbonyl (C=O) groups excluding carboxylic acids is 2. The second-order valence-electron chi connectivity index (χ2n) is 4.70. The van der Waals surface area contributed by atoms with E-state index in [1.807, 2.05) is 19.1 Å². The molecule has 0 bridgehead atoms. The first kappa shape index (κ1) is 18.0. The second kappa shape index (κ2) is 8.44. The van der Waals surface area contributed by atoms with Crippen molar-refractivity contribution in [3.8, 4) is 5.75 Å². The number of phenols is 1. The highest BCUT2D eigenvalue weighted by molar-refractivity contribution is 6.34. The van der Waals surface area contributed by atoms with Gasteiger partial charge in [-0.2, -0.15) is 0 Å². The smallest absolute Gasteiger partial charge is 0.341 e. The molecule has 0 atom stereocenters. The van der Waals surface area contributed by atoms with Gasteiger partial charge in [-0.1, -0.05) is 30.7 Å². The molecular weight excluding hydrogens is 306 g/mol. The molecule has 0 aliphatic rings. The topological polar surface area (TPSA) is 75.6 Å². The van der Waals surface area contributed by atoms with Crippen LogP contribution in [-0.4, -0.2) is 24.1 Å². The summed E-state index contributed by atoms with van der Waals surface area (Å²) in [6, 6.07) is 1.29. The van der Waals surface area contributed by atoms with Gasteiger partial charge in [-0.25, -0.2) is 4.79 Å². The molecule has 1 aromatic carbocycles. The summed E-state index contributed by atoms with van der Waals surface area (Å²) in [7, 11) is 1.22. The molecule has 1 rings (SSSR count). The van der Waals surface area contributed by atoms with Gasteiger partial charge in [-0.3, -0.25) is 4.79 Å². The van der Waals surface area contributed by atoms with Gasteiger partial charge in [0, 0.05) is 12.5 Å². The lowest BCUT2D eigenvalue weighted by molar-refractivity contribution is -0.114. The number of phenolic OH excluding ortho intramolecular Hbond substituents is 1. The molecule has 22 heavy (non-hydrogen) atoms. The van der Waals surface area contributed by atoms with Gasteiger partial charge in [0.25, 0.3) is 0 Å². The maximum Gasteiger partial charge on any atom is 0.341 e. The third-order valence-corrected chi connectivity index (χ3v) is 3.32. The SMILES string of the molecule is CC/C=C/CCc1c(O)c(C(=O)OC)cc(Cl)c1NC(C)=O. The first-order valence-corrected chi connectivity index (χ1v) is 7.35. The fourth-order valence-corrected chi connectivity index (χ4v) is 2.30. The summed E-state index contributed by atoms with van der Waals surface area (Å²) in [5.74, 6) is -1.21. The van der Waals surface area contributed by atoms with Crippen LogP contribution in [0.4, 0.5) is 5.69 Å². The van der Waals surface area contributed by atoms with Crippen LogP contribution in [0, 0.1) is 0 Å². The Morgan fingerprint density at radius 3 is 2.64 bits per heavy atom. The maximum absolute atomic E-state index is 11.7. The number of methoxy groups -OCH3 is 1. The second-order valence-corrected chi connectivity index (χ2v) is 5.11. The van der Waals surface area contributed by atoms with Crippen LogP contribution in [0.25, 0.3) is 0 Å².